The summed E-state index contributed by atoms with van der Waals surface area (Å²) in [5.74, 6) is 0.134. The van der Waals surface area contributed by atoms with Crippen molar-refractivity contribution in [1.82, 2.24) is 9.80 Å². The lowest BCUT2D eigenvalue weighted by Crippen LogP contribution is -2.55. The van der Waals surface area contributed by atoms with E-state index in [9.17, 15) is 4.79 Å². The fourth-order valence-electron chi connectivity index (χ4n) is 4.27. The van der Waals surface area contributed by atoms with Crippen molar-refractivity contribution in [2.75, 3.05) is 44.2 Å². The fraction of sp³-hybridized carbons (Fsp3) is 0.476. The fourth-order valence-corrected chi connectivity index (χ4v) is 5.28. The van der Waals surface area contributed by atoms with Gasteiger partial charge in [0.1, 0.15) is 0 Å². The van der Waals surface area contributed by atoms with E-state index in [1.165, 1.54) is 29.0 Å². The van der Waals surface area contributed by atoms with Gasteiger partial charge < -0.3 is 9.80 Å². The van der Waals surface area contributed by atoms with Crippen LogP contribution in [0.1, 0.15) is 28.1 Å². The molecule has 1 atom stereocenters. The molecule has 4 nitrogen and oxygen atoms in total. The summed E-state index contributed by atoms with van der Waals surface area (Å²) in [5, 5.41) is 0. The van der Waals surface area contributed by atoms with Gasteiger partial charge in [0.15, 0.2) is 0 Å². The molecule has 0 saturated carbocycles. The molecule has 0 aliphatic carbocycles. The zero-order chi connectivity index (χ0) is 18.8. The molecule has 27 heavy (non-hydrogen) atoms. The lowest BCUT2D eigenvalue weighted by atomic mass is 10.0. The van der Waals surface area contributed by atoms with Crippen molar-refractivity contribution in [3.8, 4) is 0 Å². The number of para-hydroxylation sites is 1. The van der Waals surface area contributed by atoms with Crippen LogP contribution in [0, 0.1) is 6.92 Å². The van der Waals surface area contributed by atoms with E-state index in [1.807, 2.05) is 17.0 Å². The number of benzene rings is 1. The molecule has 1 amide bonds. The molecule has 0 unspecified atom stereocenters. The number of carbonyl (C=O) groups is 1. The van der Waals surface area contributed by atoms with Crippen LogP contribution < -0.4 is 4.90 Å². The molecule has 2 saturated heterocycles. The van der Waals surface area contributed by atoms with E-state index in [4.69, 9.17) is 11.6 Å². The van der Waals surface area contributed by atoms with Gasteiger partial charge in [0, 0.05) is 51.0 Å². The number of hydrogen-bond donors (Lipinski definition) is 0. The Kier molecular flexibility index (Phi) is 5.71. The molecule has 2 aliphatic heterocycles. The Hall–Kier alpha value is -1.56. The smallest absolute Gasteiger partial charge is 0.264 e. The normalized spacial score (nSPS) is 21.5. The van der Waals surface area contributed by atoms with Crippen LogP contribution in [0.4, 0.5) is 5.69 Å². The molecule has 0 bridgehead atoms. The van der Waals surface area contributed by atoms with E-state index in [-0.39, 0.29) is 5.91 Å². The quantitative estimate of drug-likeness (QED) is 0.770. The van der Waals surface area contributed by atoms with Gasteiger partial charge in [-0.1, -0.05) is 29.8 Å². The third-order valence-electron chi connectivity index (χ3n) is 5.75. The Balaban J connectivity index is 1.36. The number of aryl methyl sites for hydroxylation is 1. The molecule has 2 fully saturated rings. The van der Waals surface area contributed by atoms with Gasteiger partial charge in [-0.05, 0) is 43.5 Å². The number of anilines is 1. The molecule has 2 aliphatic rings. The zero-order valence-corrected chi connectivity index (χ0v) is 17.3. The molecule has 0 spiro atoms. The van der Waals surface area contributed by atoms with Crippen molar-refractivity contribution in [1.29, 1.82) is 0 Å². The molecular weight excluding hydrogens is 378 g/mol. The first-order chi connectivity index (χ1) is 13.1. The van der Waals surface area contributed by atoms with Crippen LogP contribution in [0.2, 0.25) is 4.34 Å². The van der Waals surface area contributed by atoms with Gasteiger partial charge in [-0.25, -0.2) is 0 Å². The second-order valence-corrected chi connectivity index (χ2v) is 9.18. The Morgan fingerprint density at radius 2 is 1.85 bits per heavy atom. The molecule has 3 heterocycles. The molecule has 1 aromatic carbocycles. The van der Waals surface area contributed by atoms with E-state index in [0.29, 0.717) is 10.4 Å². The van der Waals surface area contributed by atoms with Crippen molar-refractivity contribution in [2.45, 2.75) is 25.8 Å². The van der Waals surface area contributed by atoms with Crippen molar-refractivity contribution in [3.63, 3.8) is 0 Å². The Morgan fingerprint density at radius 1 is 1.07 bits per heavy atom. The molecule has 4 rings (SSSR count). The van der Waals surface area contributed by atoms with Crippen LogP contribution in [0.5, 0.6) is 0 Å². The van der Waals surface area contributed by atoms with Gasteiger partial charge in [-0.2, -0.15) is 0 Å². The third-order valence-corrected chi connectivity index (χ3v) is 6.97. The number of rotatable bonds is 3. The summed E-state index contributed by atoms with van der Waals surface area (Å²) >= 11 is 7.38. The van der Waals surface area contributed by atoms with Gasteiger partial charge in [0.25, 0.3) is 5.91 Å². The number of likely N-dealkylation sites (tertiary alicyclic amines) is 1. The average molecular weight is 404 g/mol. The maximum Gasteiger partial charge on any atom is 0.264 e. The molecular formula is C21H26ClN3OS. The van der Waals surface area contributed by atoms with Crippen molar-refractivity contribution in [3.05, 3.63) is 51.2 Å². The maximum absolute atomic E-state index is 12.8. The van der Waals surface area contributed by atoms with E-state index in [2.05, 4.69) is 41.0 Å². The largest absolute Gasteiger partial charge is 0.369 e. The minimum absolute atomic E-state index is 0.134. The number of nitrogens with zero attached hydrogens (tertiary/aromatic N) is 3. The van der Waals surface area contributed by atoms with Crippen molar-refractivity contribution in [2.24, 2.45) is 0 Å². The van der Waals surface area contributed by atoms with Gasteiger partial charge in [0.2, 0.25) is 0 Å². The van der Waals surface area contributed by atoms with Gasteiger partial charge >= 0.3 is 0 Å². The summed E-state index contributed by atoms with van der Waals surface area (Å²) in [6.45, 7) is 8.10. The van der Waals surface area contributed by atoms with Gasteiger partial charge in [-0.3, -0.25) is 9.69 Å². The molecule has 1 aromatic heterocycles. The van der Waals surface area contributed by atoms with Crippen LogP contribution in [0.3, 0.4) is 0 Å². The maximum atomic E-state index is 12.8. The van der Waals surface area contributed by atoms with E-state index >= 15 is 0 Å². The topological polar surface area (TPSA) is 26.8 Å². The number of halogens is 1. The van der Waals surface area contributed by atoms with Crippen LogP contribution in [0.25, 0.3) is 0 Å². The minimum Gasteiger partial charge on any atom is -0.369 e. The summed E-state index contributed by atoms with van der Waals surface area (Å²) in [6.07, 6.45) is 2.26. The Morgan fingerprint density at radius 3 is 2.56 bits per heavy atom. The highest BCUT2D eigenvalue weighted by atomic mass is 35.5. The predicted octanol–water partition coefficient (Wildman–Crippen LogP) is 4.14. The molecule has 6 heteroatoms. The first-order valence-electron chi connectivity index (χ1n) is 9.71. The van der Waals surface area contributed by atoms with Crippen LogP contribution in [0.15, 0.2) is 36.4 Å². The first-order valence-corrected chi connectivity index (χ1v) is 10.9. The lowest BCUT2D eigenvalue weighted by Gasteiger charge is -2.44. The highest BCUT2D eigenvalue weighted by Gasteiger charge is 2.31. The second kappa shape index (κ2) is 8.21. The summed E-state index contributed by atoms with van der Waals surface area (Å²) in [6, 6.07) is 12.8. The van der Waals surface area contributed by atoms with Crippen LogP contribution in [-0.2, 0) is 0 Å². The summed E-state index contributed by atoms with van der Waals surface area (Å²) in [5.41, 5.74) is 2.70. The summed E-state index contributed by atoms with van der Waals surface area (Å²) < 4.78 is 0.680. The first kappa shape index (κ1) is 18.8. The Bertz CT molecular complexity index is 800. The number of piperazine rings is 1. The van der Waals surface area contributed by atoms with Crippen molar-refractivity contribution < 1.29 is 4.79 Å². The predicted molar refractivity (Wildman–Crippen MR) is 113 cm³/mol. The van der Waals surface area contributed by atoms with E-state index in [0.717, 1.165) is 50.6 Å². The van der Waals surface area contributed by atoms with Gasteiger partial charge in [-0.15, -0.1) is 11.3 Å². The van der Waals surface area contributed by atoms with Crippen LogP contribution in [-0.4, -0.2) is 61.0 Å². The average Bonchev–Trinajstić information content (AvgIpc) is 3.14. The third kappa shape index (κ3) is 4.15. The molecule has 0 radical (unpaired) electrons. The minimum atomic E-state index is 0.134. The SMILES string of the molecule is Cc1ccccc1N1CCN([C@H]2CCCN(C(=O)c3ccc(Cl)s3)C2)CC1. The van der Waals surface area contributed by atoms with E-state index in [1.54, 1.807) is 0 Å². The van der Waals surface area contributed by atoms with Gasteiger partial charge in [0.05, 0.1) is 9.21 Å². The van der Waals surface area contributed by atoms with Crippen LogP contribution >= 0.6 is 22.9 Å². The lowest BCUT2D eigenvalue weighted by molar-refractivity contribution is 0.0568. The number of carbonyl (C=O) groups excluding carboxylic acids is 1. The Labute approximate surface area is 170 Å². The standard InChI is InChI=1S/C21H26ClN3OS/c1-16-5-2-3-7-18(16)24-13-11-23(12-14-24)17-6-4-10-25(15-17)21(26)19-8-9-20(22)27-19/h2-3,5,7-9,17H,4,6,10-15H2,1H3/t17-/m0/s1. The summed E-state index contributed by atoms with van der Waals surface area (Å²) in [7, 11) is 0. The molecule has 2 aromatic rings. The highest BCUT2D eigenvalue weighted by Crippen LogP contribution is 2.26. The number of amides is 1. The monoisotopic (exact) mass is 403 g/mol. The molecule has 0 N–H and O–H groups in total. The number of hydrogen-bond acceptors (Lipinski definition) is 4. The number of piperidine rings is 1. The highest BCUT2D eigenvalue weighted by molar-refractivity contribution is 7.17. The van der Waals surface area contributed by atoms with E-state index < -0.39 is 0 Å². The van der Waals surface area contributed by atoms with Crippen molar-refractivity contribution >= 4 is 34.5 Å². The second-order valence-electron chi connectivity index (χ2n) is 7.46. The summed E-state index contributed by atoms with van der Waals surface area (Å²) in [4.78, 5) is 20.6. The zero-order valence-electron chi connectivity index (χ0n) is 15.7. The number of thiophene rings is 1. The molecule has 144 valence electrons.